The fraction of sp³-hybridized carbons (Fsp3) is 0.172. The Bertz CT molecular complexity index is 1510. The lowest BCUT2D eigenvalue weighted by atomic mass is 10.0. The Kier molecular flexibility index (Phi) is 6.59. The van der Waals surface area contributed by atoms with Gasteiger partial charge in [0.2, 0.25) is 0 Å². The fourth-order valence-corrected chi connectivity index (χ4v) is 5.33. The minimum Gasteiger partial charge on any atom is -0.357 e. The van der Waals surface area contributed by atoms with E-state index in [9.17, 15) is 0 Å². The molecule has 36 heavy (non-hydrogen) atoms. The van der Waals surface area contributed by atoms with Gasteiger partial charge in [-0.25, -0.2) is 4.99 Å². The smallest absolute Gasteiger partial charge is 0.128 e. The third-order valence-electron chi connectivity index (χ3n) is 6.41. The lowest BCUT2D eigenvalue weighted by molar-refractivity contribution is 0.256. The molecule has 3 aromatic heterocycles. The van der Waals surface area contributed by atoms with Gasteiger partial charge in [-0.05, 0) is 49.6 Å². The van der Waals surface area contributed by atoms with Crippen molar-refractivity contribution in [3.05, 3.63) is 101 Å². The van der Waals surface area contributed by atoms with Gasteiger partial charge in [0.1, 0.15) is 11.5 Å². The zero-order valence-electron chi connectivity index (χ0n) is 20.6. The molecule has 1 aromatic carbocycles. The number of amidine groups is 1. The number of aromatic amines is 2. The molecule has 0 unspecified atom stereocenters. The summed E-state index contributed by atoms with van der Waals surface area (Å²) in [5.41, 5.74) is 14.1. The Morgan fingerprint density at radius 3 is 2.75 bits per heavy atom. The van der Waals surface area contributed by atoms with Crippen LogP contribution in [0.15, 0.2) is 84.2 Å². The van der Waals surface area contributed by atoms with E-state index in [0.717, 1.165) is 69.3 Å². The number of benzene rings is 1. The lowest BCUT2D eigenvalue weighted by Crippen LogP contribution is -2.57. The van der Waals surface area contributed by atoms with E-state index in [0.29, 0.717) is 0 Å². The molecule has 0 spiro atoms. The highest BCUT2D eigenvalue weighted by Gasteiger charge is 2.25. The van der Waals surface area contributed by atoms with E-state index >= 15 is 0 Å². The van der Waals surface area contributed by atoms with Gasteiger partial charge in [-0.3, -0.25) is 5.10 Å². The molecule has 0 bridgehead atoms. The molecule has 0 atom stereocenters. The van der Waals surface area contributed by atoms with E-state index < -0.39 is 0 Å². The number of aromatic nitrogens is 3. The number of fused-ring (bicyclic) bond motifs is 1. The van der Waals surface area contributed by atoms with Crippen LogP contribution in [0.1, 0.15) is 28.6 Å². The van der Waals surface area contributed by atoms with Gasteiger partial charge >= 0.3 is 0 Å². The van der Waals surface area contributed by atoms with Crippen LogP contribution in [0.25, 0.3) is 33.6 Å². The second kappa shape index (κ2) is 9.97. The van der Waals surface area contributed by atoms with Gasteiger partial charge in [0, 0.05) is 51.8 Å². The van der Waals surface area contributed by atoms with Crippen molar-refractivity contribution in [1.82, 2.24) is 20.1 Å². The monoisotopic (exact) mass is 494 g/mol. The molecule has 1 fully saturated rings. The SMILES string of the molecule is C=C/C=C(/c1cccs1)c1cc(-c2n[nH]c3ccc(/C(=C/C)N=C(C=C)N4CC(N)C4)cc23)[nH]c1C. The summed E-state index contributed by atoms with van der Waals surface area (Å²) in [6.07, 6.45) is 7.71. The third kappa shape index (κ3) is 4.39. The van der Waals surface area contributed by atoms with Gasteiger partial charge in [0.05, 0.1) is 16.9 Å². The van der Waals surface area contributed by atoms with Gasteiger partial charge in [0.25, 0.3) is 0 Å². The maximum Gasteiger partial charge on any atom is 0.128 e. The quantitative estimate of drug-likeness (QED) is 0.164. The van der Waals surface area contributed by atoms with E-state index in [1.54, 1.807) is 17.4 Å². The summed E-state index contributed by atoms with van der Waals surface area (Å²) < 4.78 is 0. The number of allylic oxidation sites excluding steroid dienone is 3. The summed E-state index contributed by atoms with van der Waals surface area (Å²) in [7, 11) is 0. The number of thiophene rings is 1. The number of aryl methyl sites for hydroxylation is 1. The first kappa shape index (κ1) is 23.8. The van der Waals surface area contributed by atoms with Crippen LogP contribution >= 0.6 is 11.3 Å². The minimum atomic E-state index is 0.199. The molecule has 4 N–H and O–H groups in total. The molecule has 5 rings (SSSR count). The van der Waals surface area contributed by atoms with Crippen molar-refractivity contribution < 1.29 is 0 Å². The summed E-state index contributed by atoms with van der Waals surface area (Å²) in [6.45, 7) is 13.6. The topological polar surface area (TPSA) is 86.1 Å². The standard InChI is InChI=1S/C29H30N6S/c1-5-9-21(27-10-8-13-36-27)22-15-26(31-18(22)4)29-23-14-19(11-12-25(23)33-34-29)24(6-2)32-28(7-3)35-16-20(30)17-35/h5-15,20,31H,1,3,16-17,30H2,2,4H3,(H,33,34)/b21-9+,24-6-,32-28?. The predicted molar refractivity (Wildman–Crippen MR) is 153 cm³/mol. The number of aliphatic imine (C=N–C) groups is 1. The van der Waals surface area contributed by atoms with E-state index in [1.165, 1.54) is 4.88 Å². The van der Waals surface area contributed by atoms with Gasteiger partial charge < -0.3 is 15.6 Å². The van der Waals surface area contributed by atoms with Crippen molar-refractivity contribution >= 4 is 39.3 Å². The number of hydrogen-bond donors (Lipinski definition) is 3. The predicted octanol–water partition coefficient (Wildman–Crippen LogP) is 6.13. The van der Waals surface area contributed by atoms with Crippen molar-refractivity contribution in [2.75, 3.05) is 13.1 Å². The molecule has 0 radical (unpaired) electrons. The Hall–Kier alpha value is -3.94. The second-order valence-corrected chi connectivity index (χ2v) is 9.81. The average molecular weight is 495 g/mol. The molecular weight excluding hydrogens is 464 g/mol. The first-order valence-electron chi connectivity index (χ1n) is 12.0. The number of nitrogens with zero attached hydrogens (tertiary/aromatic N) is 3. The van der Waals surface area contributed by atoms with Gasteiger partial charge in [0.15, 0.2) is 0 Å². The first-order chi connectivity index (χ1) is 17.5. The van der Waals surface area contributed by atoms with Gasteiger partial charge in [-0.1, -0.05) is 43.5 Å². The minimum absolute atomic E-state index is 0.199. The van der Waals surface area contributed by atoms with Crippen LogP contribution < -0.4 is 5.73 Å². The van der Waals surface area contributed by atoms with Crippen LogP contribution in [0.2, 0.25) is 0 Å². The van der Waals surface area contributed by atoms with Crippen molar-refractivity contribution in [1.29, 1.82) is 0 Å². The van der Waals surface area contributed by atoms with Crippen LogP contribution in [-0.4, -0.2) is 45.0 Å². The number of nitrogens with two attached hydrogens (primary N) is 1. The van der Waals surface area contributed by atoms with Crippen LogP contribution in [-0.2, 0) is 0 Å². The fourth-order valence-electron chi connectivity index (χ4n) is 4.56. The third-order valence-corrected chi connectivity index (χ3v) is 7.32. The van der Waals surface area contributed by atoms with Crippen LogP contribution in [0, 0.1) is 6.92 Å². The van der Waals surface area contributed by atoms with Crippen molar-refractivity contribution in [2.45, 2.75) is 19.9 Å². The summed E-state index contributed by atoms with van der Waals surface area (Å²) >= 11 is 1.72. The lowest BCUT2D eigenvalue weighted by Gasteiger charge is -2.38. The first-order valence-corrected chi connectivity index (χ1v) is 12.8. The molecule has 0 saturated carbocycles. The Labute approximate surface area is 215 Å². The van der Waals surface area contributed by atoms with E-state index in [-0.39, 0.29) is 6.04 Å². The van der Waals surface area contributed by atoms with Gasteiger partial charge in [-0.2, -0.15) is 5.10 Å². The van der Waals surface area contributed by atoms with Gasteiger partial charge in [-0.15, -0.1) is 11.3 Å². The van der Waals surface area contributed by atoms with Crippen LogP contribution in [0.5, 0.6) is 0 Å². The summed E-state index contributed by atoms with van der Waals surface area (Å²) in [5, 5.41) is 11.0. The van der Waals surface area contributed by atoms with E-state index in [2.05, 4.69) is 88.0 Å². The molecule has 4 heterocycles. The molecule has 0 amide bonds. The van der Waals surface area contributed by atoms with Crippen LogP contribution in [0.4, 0.5) is 0 Å². The van der Waals surface area contributed by atoms with E-state index in [1.807, 2.05) is 19.1 Å². The maximum atomic E-state index is 5.97. The number of hydrogen-bond acceptors (Lipinski definition) is 4. The number of rotatable bonds is 7. The highest BCUT2D eigenvalue weighted by atomic mass is 32.1. The Balaban J connectivity index is 1.53. The van der Waals surface area contributed by atoms with Crippen LogP contribution in [0.3, 0.4) is 0 Å². The average Bonchev–Trinajstić information content (AvgIpc) is 3.61. The largest absolute Gasteiger partial charge is 0.357 e. The van der Waals surface area contributed by atoms with Crippen molar-refractivity contribution in [2.24, 2.45) is 10.7 Å². The molecule has 6 nitrogen and oxygen atoms in total. The second-order valence-electron chi connectivity index (χ2n) is 8.86. The summed E-state index contributed by atoms with van der Waals surface area (Å²) in [4.78, 5) is 11.8. The molecule has 1 saturated heterocycles. The Morgan fingerprint density at radius 2 is 2.08 bits per heavy atom. The molecule has 4 aromatic rings. The molecule has 0 aliphatic carbocycles. The molecule has 1 aliphatic rings. The number of nitrogens with one attached hydrogen (secondary N) is 2. The summed E-state index contributed by atoms with van der Waals surface area (Å²) in [6, 6.07) is 12.8. The Morgan fingerprint density at radius 1 is 1.25 bits per heavy atom. The number of likely N-dealkylation sites (tertiary alicyclic amines) is 1. The van der Waals surface area contributed by atoms with E-state index in [4.69, 9.17) is 10.7 Å². The molecular formula is C29H30N6S. The highest BCUT2D eigenvalue weighted by molar-refractivity contribution is 7.11. The number of H-pyrrole nitrogens is 2. The summed E-state index contributed by atoms with van der Waals surface area (Å²) in [5.74, 6) is 0.845. The zero-order valence-corrected chi connectivity index (χ0v) is 21.4. The van der Waals surface area contributed by atoms with Crippen molar-refractivity contribution in [3.63, 3.8) is 0 Å². The molecule has 1 aliphatic heterocycles. The van der Waals surface area contributed by atoms with Crippen molar-refractivity contribution in [3.8, 4) is 11.4 Å². The molecule has 7 heteroatoms. The maximum absolute atomic E-state index is 5.97. The molecule has 182 valence electrons. The zero-order chi connectivity index (χ0) is 25.2. The highest BCUT2D eigenvalue weighted by Crippen LogP contribution is 2.35. The normalized spacial score (nSPS) is 15.4.